The van der Waals surface area contributed by atoms with E-state index in [9.17, 15) is 4.79 Å². The second-order valence-electron chi connectivity index (χ2n) is 10.1. The molecule has 0 spiro atoms. The van der Waals surface area contributed by atoms with Crippen molar-refractivity contribution in [2.24, 2.45) is 11.8 Å². The first-order valence-corrected chi connectivity index (χ1v) is 12.7. The summed E-state index contributed by atoms with van der Waals surface area (Å²) in [6, 6.07) is 42.8. The van der Waals surface area contributed by atoms with E-state index in [0.717, 1.165) is 6.42 Å². The molecule has 0 N–H and O–H groups in total. The molecule has 1 saturated carbocycles. The number of hydrogen-bond acceptors (Lipinski definition) is 2. The van der Waals surface area contributed by atoms with Crippen LogP contribution in [0, 0.1) is 11.8 Å². The zero-order valence-corrected chi connectivity index (χ0v) is 20.1. The highest BCUT2D eigenvalue weighted by Gasteiger charge is 2.57. The van der Waals surface area contributed by atoms with Gasteiger partial charge < -0.3 is 0 Å². The molecule has 2 aliphatic rings. The number of carbonyl (C=O) groups is 1. The molecule has 4 aromatic carbocycles. The van der Waals surface area contributed by atoms with Gasteiger partial charge in [-0.2, -0.15) is 0 Å². The maximum absolute atomic E-state index is 14.7. The Morgan fingerprint density at radius 3 is 1.17 bits per heavy atom. The van der Waals surface area contributed by atoms with Crippen LogP contribution in [0.2, 0.25) is 0 Å². The molecule has 4 aromatic rings. The van der Waals surface area contributed by atoms with Crippen molar-refractivity contribution in [1.82, 2.24) is 4.90 Å². The fourth-order valence-corrected chi connectivity index (χ4v) is 6.89. The topological polar surface area (TPSA) is 20.3 Å². The Morgan fingerprint density at radius 2 is 0.829 bits per heavy atom. The van der Waals surface area contributed by atoms with Gasteiger partial charge in [-0.3, -0.25) is 9.69 Å². The lowest BCUT2D eigenvalue weighted by Gasteiger charge is -2.56. The number of rotatable bonds is 4. The van der Waals surface area contributed by atoms with E-state index < -0.39 is 0 Å². The van der Waals surface area contributed by atoms with Crippen LogP contribution in [0.15, 0.2) is 121 Å². The second-order valence-corrected chi connectivity index (χ2v) is 10.1. The monoisotopic (exact) mass is 457 g/mol. The lowest BCUT2D eigenvalue weighted by atomic mass is 9.55. The molecule has 1 aliphatic heterocycles. The molecule has 2 fully saturated rings. The van der Waals surface area contributed by atoms with Gasteiger partial charge in [0.1, 0.15) is 5.78 Å². The molecular formula is C33H31NO. The molecule has 0 radical (unpaired) electrons. The van der Waals surface area contributed by atoms with Gasteiger partial charge >= 0.3 is 0 Å². The first-order valence-electron chi connectivity index (χ1n) is 12.7. The molecule has 1 saturated heterocycles. The van der Waals surface area contributed by atoms with Crippen LogP contribution in [0.5, 0.6) is 0 Å². The van der Waals surface area contributed by atoms with E-state index in [0.29, 0.717) is 5.78 Å². The van der Waals surface area contributed by atoms with Crippen LogP contribution >= 0.6 is 0 Å². The predicted octanol–water partition coefficient (Wildman–Crippen LogP) is 7.19. The number of benzene rings is 4. The molecule has 174 valence electrons. The van der Waals surface area contributed by atoms with Crippen LogP contribution in [0.4, 0.5) is 0 Å². The first-order chi connectivity index (χ1) is 17.2. The zero-order chi connectivity index (χ0) is 23.8. The molecule has 6 atom stereocenters. The number of ketones is 1. The third-order valence-electron chi connectivity index (χ3n) is 8.33. The number of nitrogens with zero attached hydrogens (tertiary/aromatic N) is 1. The SMILES string of the molecule is CN1[C@H](c2ccccc2)[C@H]2C(=O)[C@H]([C@H](c3ccccc3)C[C@@H]2c2ccccc2)[C@@H]1c1ccccc1. The van der Waals surface area contributed by atoms with Gasteiger partial charge in [0.05, 0.1) is 0 Å². The van der Waals surface area contributed by atoms with Crippen molar-refractivity contribution < 1.29 is 4.79 Å². The van der Waals surface area contributed by atoms with E-state index in [1.54, 1.807) is 0 Å². The Bertz CT molecular complexity index is 1170. The summed E-state index contributed by atoms with van der Waals surface area (Å²) in [5.41, 5.74) is 5.01. The van der Waals surface area contributed by atoms with Crippen LogP contribution < -0.4 is 0 Å². The van der Waals surface area contributed by atoms with E-state index in [2.05, 4.69) is 133 Å². The lowest BCUT2D eigenvalue weighted by molar-refractivity contribution is -0.146. The minimum Gasteiger partial charge on any atom is -0.299 e. The number of hydrogen-bond donors (Lipinski definition) is 0. The normalized spacial score (nSPS) is 28.5. The summed E-state index contributed by atoms with van der Waals surface area (Å²) in [4.78, 5) is 17.2. The zero-order valence-electron chi connectivity index (χ0n) is 20.1. The van der Waals surface area contributed by atoms with Gasteiger partial charge in [-0.15, -0.1) is 0 Å². The van der Waals surface area contributed by atoms with Crippen molar-refractivity contribution in [2.45, 2.75) is 30.3 Å². The molecule has 1 heterocycles. The van der Waals surface area contributed by atoms with Gasteiger partial charge in [0.15, 0.2) is 0 Å². The number of piperidine rings is 1. The summed E-state index contributed by atoms with van der Waals surface area (Å²) < 4.78 is 0. The molecule has 6 rings (SSSR count). The summed E-state index contributed by atoms with van der Waals surface area (Å²) in [7, 11) is 2.23. The largest absolute Gasteiger partial charge is 0.299 e. The van der Waals surface area contributed by atoms with Crippen molar-refractivity contribution in [1.29, 1.82) is 0 Å². The van der Waals surface area contributed by atoms with Gasteiger partial charge in [0, 0.05) is 23.9 Å². The molecule has 0 unspecified atom stereocenters. The van der Waals surface area contributed by atoms with Crippen LogP contribution in [0.1, 0.15) is 52.6 Å². The van der Waals surface area contributed by atoms with E-state index in [1.807, 2.05) is 0 Å². The first kappa shape index (κ1) is 22.0. The van der Waals surface area contributed by atoms with E-state index in [4.69, 9.17) is 0 Å². The maximum Gasteiger partial charge on any atom is 0.144 e. The smallest absolute Gasteiger partial charge is 0.144 e. The van der Waals surface area contributed by atoms with Crippen LogP contribution in [0.3, 0.4) is 0 Å². The molecule has 1 aliphatic carbocycles. The quantitative estimate of drug-likeness (QED) is 0.323. The van der Waals surface area contributed by atoms with Gasteiger partial charge in [-0.05, 0) is 47.6 Å². The highest BCUT2D eigenvalue weighted by Crippen LogP contribution is 2.59. The third kappa shape index (κ3) is 3.83. The molecule has 2 bridgehead atoms. The molecule has 0 amide bonds. The summed E-state index contributed by atoms with van der Waals surface area (Å²) in [5.74, 6) is 0.619. The maximum atomic E-state index is 14.7. The number of carbonyl (C=O) groups excluding carboxylic acids is 1. The molecule has 2 heteroatoms. The Hall–Kier alpha value is -3.49. The number of Topliss-reactive ketones (excluding diaryl/α,β-unsaturated/α-hetero) is 1. The highest BCUT2D eigenvalue weighted by molar-refractivity contribution is 5.89. The van der Waals surface area contributed by atoms with Gasteiger partial charge in [-0.25, -0.2) is 0 Å². The Labute approximate surface area is 208 Å². The third-order valence-corrected chi connectivity index (χ3v) is 8.33. The molecule has 2 nitrogen and oxygen atoms in total. The minimum absolute atomic E-state index is 0.0343. The van der Waals surface area contributed by atoms with Crippen molar-refractivity contribution in [3.05, 3.63) is 144 Å². The lowest BCUT2D eigenvalue weighted by Crippen LogP contribution is -2.55. The summed E-state index contributed by atoms with van der Waals surface area (Å²) in [6.45, 7) is 0. The van der Waals surface area contributed by atoms with Crippen molar-refractivity contribution in [3.63, 3.8) is 0 Å². The van der Waals surface area contributed by atoms with E-state index in [-0.39, 0.29) is 35.8 Å². The van der Waals surface area contributed by atoms with Crippen molar-refractivity contribution >= 4 is 5.78 Å². The van der Waals surface area contributed by atoms with Crippen LogP contribution in [-0.4, -0.2) is 17.7 Å². The molecular weight excluding hydrogens is 426 g/mol. The van der Waals surface area contributed by atoms with Gasteiger partial charge in [-0.1, -0.05) is 121 Å². The van der Waals surface area contributed by atoms with E-state index >= 15 is 0 Å². The second kappa shape index (κ2) is 9.28. The minimum atomic E-state index is -0.0743. The Morgan fingerprint density at radius 1 is 0.514 bits per heavy atom. The number of likely N-dealkylation sites (tertiary alicyclic amines) is 1. The fraction of sp³-hybridized carbons (Fsp3) is 0.242. The van der Waals surface area contributed by atoms with Gasteiger partial charge in [0.2, 0.25) is 0 Å². The average Bonchev–Trinajstić information content (AvgIpc) is 2.92. The average molecular weight is 458 g/mol. The van der Waals surface area contributed by atoms with Crippen LogP contribution in [0.25, 0.3) is 0 Å². The Kier molecular flexibility index (Phi) is 5.83. The fourth-order valence-electron chi connectivity index (χ4n) is 6.89. The highest BCUT2D eigenvalue weighted by atomic mass is 16.1. The number of fused-ring (bicyclic) bond motifs is 2. The van der Waals surface area contributed by atoms with Gasteiger partial charge in [0.25, 0.3) is 0 Å². The summed E-state index contributed by atoms with van der Waals surface area (Å²) in [5, 5.41) is 0. The summed E-state index contributed by atoms with van der Waals surface area (Å²) in [6.07, 6.45) is 0.982. The van der Waals surface area contributed by atoms with Crippen molar-refractivity contribution in [3.8, 4) is 0 Å². The molecule has 0 aromatic heterocycles. The van der Waals surface area contributed by atoms with Crippen LogP contribution in [-0.2, 0) is 4.79 Å². The van der Waals surface area contributed by atoms with Crippen molar-refractivity contribution in [2.75, 3.05) is 7.05 Å². The predicted molar refractivity (Wildman–Crippen MR) is 141 cm³/mol. The standard InChI is InChI=1S/C33H31NO/c1-34-31(25-18-10-4-11-19-25)29-27(23-14-6-2-7-15-23)22-28(24-16-8-3-9-17-24)30(33(29)35)32(34)26-20-12-5-13-21-26/h2-21,27-32H,22H2,1H3/t27-,28+,29+,30-,31-,32+. The Balaban J connectivity index is 1.55. The van der Waals surface area contributed by atoms with E-state index in [1.165, 1.54) is 22.3 Å². The summed E-state index contributed by atoms with van der Waals surface area (Å²) >= 11 is 0. The molecule has 35 heavy (non-hydrogen) atoms.